The quantitative estimate of drug-likeness (QED) is 0.390. The molecule has 1 unspecified atom stereocenters. The maximum absolute atomic E-state index is 9.48. The fourth-order valence-electron chi connectivity index (χ4n) is 0.101. The normalized spacial score (nSPS) is 14.6. The molecule has 0 saturated heterocycles. The zero-order valence-corrected chi connectivity index (χ0v) is 4.60. The largest absolute Gasteiger partial charge is 0.740 e. The topological polar surface area (TPSA) is 49.4 Å². The van der Waals surface area contributed by atoms with Crippen LogP contribution in [-0.4, -0.2) is 8.76 Å². The minimum Gasteiger partial charge on any atom is -0.740 e. The Morgan fingerprint density at radius 3 is 2.57 bits per heavy atom. The lowest BCUT2D eigenvalue weighted by Gasteiger charge is -1.98. The van der Waals surface area contributed by atoms with E-state index < -0.39 is 11.4 Å². The van der Waals surface area contributed by atoms with E-state index in [-0.39, 0.29) is 0 Å². The Morgan fingerprint density at radius 1 is 1.86 bits per heavy atom. The van der Waals surface area contributed by atoms with E-state index in [4.69, 9.17) is 0 Å². The van der Waals surface area contributed by atoms with E-state index in [1.54, 1.807) is 6.92 Å². The summed E-state index contributed by atoms with van der Waals surface area (Å²) in [6.07, 6.45) is 2.57. The van der Waals surface area contributed by atoms with Crippen molar-refractivity contribution >= 4 is 11.4 Å². The van der Waals surface area contributed by atoms with Crippen LogP contribution in [0.2, 0.25) is 0 Å². The molecule has 0 bridgehead atoms. The number of allylic oxidation sites excluding steroid dienone is 1. The molecule has 0 aliphatic carbocycles. The minimum atomic E-state index is -2.40. The molecular formula is C3H5O3S-. The molecule has 0 aliphatic rings. The van der Waals surface area contributed by atoms with Gasteiger partial charge in [0, 0.05) is 0 Å². The van der Waals surface area contributed by atoms with E-state index in [0.717, 1.165) is 6.26 Å². The van der Waals surface area contributed by atoms with Gasteiger partial charge in [-0.1, -0.05) is 6.08 Å². The summed E-state index contributed by atoms with van der Waals surface area (Å²) in [5, 5.41) is 0. The van der Waals surface area contributed by atoms with Gasteiger partial charge in [-0.2, -0.15) is 0 Å². The standard InChI is InChI=1S/C3H6O3S/c1-2-3-6-7(4)5/h2-3H,1H3,(H,4,5)/p-1. The molecule has 0 rings (SSSR count). The third-order valence-electron chi connectivity index (χ3n) is 0.270. The van der Waals surface area contributed by atoms with Crippen LogP contribution < -0.4 is 0 Å². The molecule has 7 heavy (non-hydrogen) atoms. The number of rotatable bonds is 2. The van der Waals surface area contributed by atoms with Gasteiger partial charge in [-0.15, -0.1) is 0 Å². The highest BCUT2D eigenvalue weighted by atomic mass is 32.2. The third-order valence-corrected chi connectivity index (χ3v) is 0.538. The van der Waals surface area contributed by atoms with Crippen LogP contribution in [0.3, 0.4) is 0 Å². The summed E-state index contributed by atoms with van der Waals surface area (Å²) in [4.78, 5) is 0. The number of hydrogen-bond donors (Lipinski definition) is 0. The highest BCUT2D eigenvalue weighted by Crippen LogP contribution is 1.77. The van der Waals surface area contributed by atoms with Crippen molar-refractivity contribution < 1.29 is 12.9 Å². The second-order valence-electron chi connectivity index (χ2n) is 0.770. The zero-order chi connectivity index (χ0) is 5.70. The lowest BCUT2D eigenvalue weighted by atomic mass is 10.8. The molecule has 3 nitrogen and oxygen atoms in total. The van der Waals surface area contributed by atoms with Gasteiger partial charge in [-0.05, 0) is 6.92 Å². The van der Waals surface area contributed by atoms with Crippen LogP contribution in [0.4, 0.5) is 0 Å². The maximum atomic E-state index is 9.48. The molecule has 0 aromatic rings. The molecule has 0 spiro atoms. The van der Waals surface area contributed by atoms with Crippen molar-refractivity contribution in [1.82, 2.24) is 0 Å². The molecule has 4 heteroatoms. The van der Waals surface area contributed by atoms with Gasteiger partial charge >= 0.3 is 0 Å². The van der Waals surface area contributed by atoms with E-state index in [2.05, 4.69) is 4.18 Å². The molecule has 0 radical (unpaired) electrons. The van der Waals surface area contributed by atoms with Gasteiger partial charge in [-0.3, -0.25) is 0 Å². The van der Waals surface area contributed by atoms with E-state index >= 15 is 0 Å². The SMILES string of the molecule is CC=COS(=O)[O-]. The molecule has 0 N–H and O–H groups in total. The van der Waals surface area contributed by atoms with Crippen LogP contribution >= 0.6 is 0 Å². The van der Waals surface area contributed by atoms with Gasteiger partial charge in [-0.25, -0.2) is 4.21 Å². The van der Waals surface area contributed by atoms with Gasteiger partial charge in [0.1, 0.15) is 11.4 Å². The van der Waals surface area contributed by atoms with Crippen LogP contribution in [0.5, 0.6) is 0 Å². The van der Waals surface area contributed by atoms with Crippen molar-refractivity contribution in [2.75, 3.05) is 0 Å². The van der Waals surface area contributed by atoms with Gasteiger partial charge < -0.3 is 8.74 Å². The summed E-state index contributed by atoms with van der Waals surface area (Å²) in [7, 11) is 0. The van der Waals surface area contributed by atoms with Crippen LogP contribution in [0.25, 0.3) is 0 Å². The van der Waals surface area contributed by atoms with Crippen molar-refractivity contribution in [3.05, 3.63) is 12.3 Å². The molecular weight excluding hydrogens is 116 g/mol. The summed E-state index contributed by atoms with van der Waals surface area (Å²) in [6, 6.07) is 0. The van der Waals surface area contributed by atoms with Crippen LogP contribution in [-0.2, 0) is 15.5 Å². The van der Waals surface area contributed by atoms with Gasteiger partial charge in [0.25, 0.3) is 0 Å². The van der Waals surface area contributed by atoms with Crippen LogP contribution in [0.15, 0.2) is 12.3 Å². The lowest BCUT2D eigenvalue weighted by Crippen LogP contribution is -1.84. The highest BCUT2D eigenvalue weighted by molar-refractivity contribution is 7.74. The first-order chi connectivity index (χ1) is 3.27. The van der Waals surface area contributed by atoms with Crippen LogP contribution in [0, 0.1) is 0 Å². The van der Waals surface area contributed by atoms with E-state index in [1.165, 1.54) is 6.08 Å². The zero-order valence-electron chi connectivity index (χ0n) is 3.79. The summed E-state index contributed by atoms with van der Waals surface area (Å²) in [6.45, 7) is 1.66. The van der Waals surface area contributed by atoms with Crippen molar-refractivity contribution in [1.29, 1.82) is 0 Å². The fourth-order valence-corrected chi connectivity index (χ4v) is 0.303. The van der Waals surface area contributed by atoms with Gasteiger partial charge in [0.05, 0.1) is 6.26 Å². The molecule has 0 fully saturated rings. The van der Waals surface area contributed by atoms with Gasteiger partial charge in [0.2, 0.25) is 0 Å². The predicted molar refractivity (Wildman–Crippen MR) is 24.8 cm³/mol. The molecule has 1 atom stereocenters. The summed E-state index contributed by atoms with van der Waals surface area (Å²) in [5.41, 5.74) is 0. The monoisotopic (exact) mass is 121 g/mol. The van der Waals surface area contributed by atoms with Crippen molar-refractivity contribution in [3.8, 4) is 0 Å². The molecule has 0 aliphatic heterocycles. The Morgan fingerprint density at radius 2 is 2.43 bits per heavy atom. The third kappa shape index (κ3) is 5.65. The second-order valence-corrected chi connectivity index (χ2v) is 1.37. The summed E-state index contributed by atoms with van der Waals surface area (Å²) < 4.78 is 22.9. The summed E-state index contributed by atoms with van der Waals surface area (Å²) in [5.74, 6) is 0. The molecule has 0 saturated carbocycles. The minimum absolute atomic E-state index is 1.09. The first kappa shape index (κ1) is 6.65. The summed E-state index contributed by atoms with van der Waals surface area (Å²) >= 11 is -2.40. The molecule has 0 aromatic heterocycles. The highest BCUT2D eigenvalue weighted by Gasteiger charge is 1.66. The Balaban J connectivity index is 3.14. The molecule has 42 valence electrons. The molecule has 0 aromatic carbocycles. The van der Waals surface area contributed by atoms with E-state index in [9.17, 15) is 8.76 Å². The smallest absolute Gasteiger partial charge is 0.138 e. The Hall–Kier alpha value is -0.350. The fraction of sp³-hybridized carbons (Fsp3) is 0.333. The van der Waals surface area contributed by atoms with E-state index in [0.29, 0.717) is 0 Å². The Labute approximate surface area is 44.5 Å². The maximum Gasteiger partial charge on any atom is 0.138 e. The van der Waals surface area contributed by atoms with Crippen LogP contribution in [0.1, 0.15) is 6.92 Å². The first-order valence-electron chi connectivity index (χ1n) is 1.65. The predicted octanol–water partition coefficient (Wildman–Crippen LogP) is 0.331. The lowest BCUT2D eigenvalue weighted by molar-refractivity contribution is 0.405. The van der Waals surface area contributed by atoms with E-state index in [1.807, 2.05) is 0 Å². The van der Waals surface area contributed by atoms with Crippen molar-refractivity contribution in [3.63, 3.8) is 0 Å². The Bertz CT molecular complexity index is 88.2. The second kappa shape index (κ2) is 3.83. The Kier molecular flexibility index (Phi) is 3.64. The average Bonchev–Trinajstić information content (AvgIpc) is 1.61. The first-order valence-corrected chi connectivity index (χ1v) is 2.65. The van der Waals surface area contributed by atoms with Crippen molar-refractivity contribution in [2.45, 2.75) is 6.92 Å². The van der Waals surface area contributed by atoms with Crippen molar-refractivity contribution in [2.24, 2.45) is 0 Å². The molecule has 0 amide bonds. The van der Waals surface area contributed by atoms with Gasteiger partial charge in [0.15, 0.2) is 0 Å². The average molecular weight is 121 g/mol. The molecule has 0 heterocycles. The number of hydrogen-bond acceptors (Lipinski definition) is 3.